The molecule has 5 heteroatoms. The average molecular weight is 380 g/mol. The van der Waals surface area contributed by atoms with Crippen LogP contribution >= 0.6 is 0 Å². The smallest absolute Gasteiger partial charge is 0.246 e. The Hall–Kier alpha value is -2.66. The van der Waals surface area contributed by atoms with E-state index in [4.69, 9.17) is 0 Å². The van der Waals surface area contributed by atoms with Gasteiger partial charge >= 0.3 is 0 Å². The number of anilines is 1. The number of hydrogen-bond acceptors (Lipinski definition) is 3. The van der Waals surface area contributed by atoms with Gasteiger partial charge in [-0.2, -0.15) is 0 Å². The van der Waals surface area contributed by atoms with E-state index in [0.717, 1.165) is 48.3 Å². The van der Waals surface area contributed by atoms with E-state index in [1.807, 2.05) is 67.3 Å². The van der Waals surface area contributed by atoms with Gasteiger partial charge in [0.2, 0.25) is 11.8 Å². The number of nitrogens with one attached hydrogen (secondary N) is 2. The molecule has 0 unspecified atom stereocenters. The second kappa shape index (κ2) is 9.51. The minimum absolute atomic E-state index is 0.117. The number of nitrogens with zero attached hydrogens (tertiary/aromatic N) is 1. The SMILES string of the molecule is Cc1ccc(C)c(NC(=O)[C@@H](NCCC(=O)N2CCCC2)c2ccccc2)c1. The standard InChI is InChI=1S/C23H29N3O2/c1-17-10-11-18(2)20(16-17)25-23(28)22(19-8-4-3-5-9-19)24-13-12-21(27)26-14-6-7-15-26/h3-5,8-11,16,22,24H,6-7,12-15H2,1-2H3,(H,25,28)/t22-/m0/s1. The van der Waals surface area contributed by atoms with Crippen molar-refractivity contribution in [3.8, 4) is 0 Å². The highest BCUT2D eigenvalue weighted by molar-refractivity contribution is 5.96. The third kappa shape index (κ3) is 5.20. The molecule has 0 aliphatic carbocycles. The van der Waals surface area contributed by atoms with Gasteiger partial charge in [-0.05, 0) is 49.4 Å². The lowest BCUT2D eigenvalue weighted by Crippen LogP contribution is -2.36. The van der Waals surface area contributed by atoms with E-state index in [9.17, 15) is 9.59 Å². The summed E-state index contributed by atoms with van der Waals surface area (Å²) in [5.41, 5.74) is 3.83. The summed E-state index contributed by atoms with van der Waals surface area (Å²) in [7, 11) is 0. The zero-order valence-corrected chi connectivity index (χ0v) is 16.7. The quantitative estimate of drug-likeness (QED) is 0.773. The first kappa shape index (κ1) is 20.1. The lowest BCUT2D eigenvalue weighted by Gasteiger charge is -2.21. The fraction of sp³-hybridized carbons (Fsp3) is 0.391. The van der Waals surface area contributed by atoms with Gasteiger partial charge in [-0.25, -0.2) is 0 Å². The van der Waals surface area contributed by atoms with Crippen LogP contribution in [-0.4, -0.2) is 36.3 Å². The van der Waals surface area contributed by atoms with E-state index in [1.54, 1.807) is 0 Å². The molecule has 1 fully saturated rings. The van der Waals surface area contributed by atoms with Crippen molar-refractivity contribution in [2.45, 2.75) is 39.2 Å². The molecule has 1 saturated heterocycles. The molecule has 1 aliphatic rings. The molecule has 1 heterocycles. The van der Waals surface area contributed by atoms with E-state index in [1.165, 1.54) is 0 Å². The topological polar surface area (TPSA) is 61.4 Å². The maximum atomic E-state index is 13.0. The van der Waals surface area contributed by atoms with Gasteiger partial charge in [0.25, 0.3) is 0 Å². The van der Waals surface area contributed by atoms with Gasteiger partial charge in [0.15, 0.2) is 0 Å². The molecule has 0 aromatic heterocycles. The number of aryl methyl sites for hydroxylation is 2. The molecule has 0 spiro atoms. The first-order valence-electron chi connectivity index (χ1n) is 9.99. The Labute approximate surface area is 167 Å². The number of carbonyl (C=O) groups is 2. The number of rotatable bonds is 7. The average Bonchev–Trinajstić information content (AvgIpc) is 3.23. The molecule has 2 amide bonds. The van der Waals surface area contributed by atoms with Crippen molar-refractivity contribution in [1.82, 2.24) is 10.2 Å². The molecule has 0 radical (unpaired) electrons. The molecule has 28 heavy (non-hydrogen) atoms. The van der Waals surface area contributed by atoms with Gasteiger partial charge in [-0.15, -0.1) is 0 Å². The van der Waals surface area contributed by atoms with Crippen molar-refractivity contribution >= 4 is 17.5 Å². The maximum absolute atomic E-state index is 13.0. The Morgan fingerprint density at radius 3 is 2.46 bits per heavy atom. The fourth-order valence-corrected chi connectivity index (χ4v) is 3.53. The third-order valence-electron chi connectivity index (χ3n) is 5.19. The molecule has 148 valence electrons. The van der Waals surface area contributed by atoms with E-state index >= 15 is 0 Å². The van der Waals surface area contributed by atoms with Gasteiger partial charge in [-0.3, -0.25) is 9.59 Å². The molecule has 3 rings (SSSR count). The van der Waals surface area contributed by atoms with Crippen LogP contribution < -0.4 is 10.6 Å². The third-order valence-corrected chi connectivity index (χ3v) is 5.19. The molecular weight excluding hydrogens is 350 g/mol. The zero-order chi connectivity index (χ0) is 19.9. The first-order chi connectivity index (χ1) is 13.5. The van der Waals surface area contributed by atoms with Crippen LogP contribution in [0.25, 0.3) is 0 Å². The lowest BCUT2D eigenvalue weighted by atomic mass is 10.0. The minimum Gasteiger partial charge on any atom is -0.343 e. The van der Waals surface area contributed by atoms with Crippen LogP contribution in [0.1, 0.15) is 42.0 Å². The molecule has 5 nitrogen and oxygen atoms in total. The predicted octanol–water partition coefficient (Wildman–Crippen LogP) is 3.59. The fourth-order valence-electron chi connectivity index (χ4n) is 3.53. The lowest BCUT2D eigenvalue weighted by molar-refractivity contribution is -0.130. The Morgan fingerprint density at radius 1 is 1.04 bits per heavy atom. The molecule has 2 N–H and O–H groups in total. The van der Waals surface area contributed by atoms with Gasteiger partial charge < -0.3 is 15.5 Å². The Balaban J connectivity index is 1.67. The molecular formula is C23H29N3O2. The molecule has 1 atom stereocenters. The van der Waals surface area contributed by atoms with Crippen LogP contribution in [-0.2, 0) is 9.59 Å². The Bertz CT molecular complexity index is 814. The summed E-state index contributed by atoms with van der Waals surface area (Å²) in [5, 5.41) is 6.33. The zero-order valence-electron chi connectivity index (χ0n) is 16.7. The van der Waals surface area contributed by atoms with E-state index < -0.39 is 6.04 Å². The largest absolute Gasteiger partial charge is 0.343 e. The molecule has 0 saturated carbocycles. The van der Waals surface area contributed by atoms with Gasteiger partial charge in [0, 0.05) is 31.7 Å². The van der Waals surface area contributed by atoms with Crippen LogP contribution in [0.4, 0.5) is 5.69 Å². The van der Waals surface area contributed by atoms with Crippen LogP contribution in [0.5, 0.6) is 0 Å². The summed E-state index contributed by atoms with van der Waals surface area (Å²) in [4.78, 5) is 27.2. The van der Waals surface area contributed by atoms with Gasteiger partial charge in [0.1, 0.15) is 6.04 Å². The van der Waals surface area contributed by atoms with Crippen LogP contribution in [0, 0.1) is 13.8 Å². The summed E-state index contributed by atoms with van der Waals surface area (Å²) in [6.45, 7) is 6.16. The van der Waals surface area contributed by atoms with E-state index in [-0.39, 0.29) is 11.8 Å². The first-order valence-corrected chi connectivity index (χ1v) is 9.99. The highest BCUT2D eigenvalue weighted by atomic mass is 16.2. The maximum Gasteiger partial charge on any atom is 0.246 e. The highest BCUT2D eigenvalue weighted by Crippen LogP contribution is 2.20. The summed E-state index contributed by atoms with van der Waals surface area (Å²) in [6.07, 6.45) is 2.58. The molecule has 0 bridgehead atoms. The Morgan fingerprint density at radius 2 is 1.75 bits per heavy atom. The normalized spacial score (nSPS) is 14.7. The molecule has 2 aromatic rings. The summed E-state index contributed by atoms with van der Waals surface area (Å²) in [5.74, 6) is 0.0419. The van der Waals surface area contributed by atoms with Crippen molar-refractivity contribution in [3.05, 3.63) is 65.2 Å². The Kier molecular flexibility index (Phi) is 6.82. The molecule has 2 aromatic carbocycles. The van der Waals surface area contributed by atoms with Crippen LogP contribution in [0.2, 0.25) is 0 Å². The van der Waals surface area contributed by atoms with Crippen LogP contribution in [0.15, 0.2) is 48.5 Å². The van der Waals surface area contributed by atoms with Crippen molar-refractivity contribution in [2.75, 3.05) is 25.0 Å². The number of carbonyl (C=O) groups excluding carboxylic acids is 2. The number of amides is 2. The van der Waals surface area contributed by atoms with Gasteiger partial charge in [0.05, 0.1) is 0 Å². The predicted molar refractivity (Wildman–Crippen MR) is 112 cm³/mol. The second-order valence-corrected chi connectivity index (χ2v) is 7.44. The van der Waals surface area contributed by atoms with Crippen LogP contribution in [0.3, 0.4) is 0 Å². The van der Waals surface area contributed by atoms with E-state index in [0.29, 0.717) is 13.0 Å². The summed E-state index contributed by atoms with van der Waals surface area (Å²) >= 11 is 0. The van der Waals surface area contributed by atoms with Crippen molar-refractivity contribution in [3.63, 3.8) is 0 Å². The second-order valence-electron chi connectivity index (χ2n) is 7.44. The number of benzene rings is 2. The summed E-state index contributed by atoms with van der Waals surface area (Å²) < 4.78 is 0. The van der Waals surface area contributed by atoms with Crippen molar-refractivity contribution in [2.24, 2.45) is 0 Å². The van der Waals surface area contributed by atoms with E-state index in [2.05, 4.69) is 10.6 Å². The number of likely N-dealkylation sites (tertiary alicyclic amines) is 1. The number of hydrogen-bond donors (Lipinski definition) is 2. The molecule has 1 aliphatic heterocycles. The van der Waals surface area contributed by atoms with Crippen molar-refractivity contribution < 1.29 is 9.59 Å². The highest BCUT2D eigenvalue weighted by Gasteiger charge is 2.22. The monoisotopic (exact) mass is 379 g/mol. The minimum atomic E-state index is -0.507. The van der Waals surface area contributed by atoms with Gasteiger partial charge in [-0.1, -0.05) is 42.5 Å². The van der Waals surface area contributed by atoms with Crippen molar-refractivity contribution in [1.29, 1.82) is 0 Å². The summed E-state index contributed by atoms with van der Waals surface area (Å²) in [6, 6.07) is 15.1.